The van der Waals surface area contributed by atoms with Gasteiger partial charge in [0.25, 0.3) is 0 Å². The molecule has 1 fully saturated rings. The maximum atomic E-state index is 11.4. The monoisotopic (exact) mass is 185 g/mol. The van der Waals surface area contributed by atoms with Gasteiger partial charge in [0.1, 0.15) is 6.42 Å². The van der Waals surface area contributed by atoms with E-state index in [2.05, 4.69) is 10.1 Å². The van der Waals surface area contributed by atoms with Crippen LogP contribution in [0.25, 0.3) is 0 Å². The Labute approximate surface area is 77.6 Å². The van der Waals surface area contributed by atoms with E-state index in [1.54, 1.807) is 6.92 Å². The average Bonchev–Trinajstić information content (AvgIpc) is 2.55. The summed E-state index contributed by atoms with van der Waals surface area (Å²) >= 11 is 0. The molecule has 0 unspecified atom stereocenters. The highest BCUT2D eigenvalue weighted by molar-refractivity contribution is 5.98. The second kappa shape index (κ2) is 4.97. The number of ketones is 1. The first-order valence-electron chi connectivity index (χ1n) is 4.65. The van der Waals surface area contributed by atoms with Gasteiger partial charge in [0, 0.05) is 0 Å². The first-order chi connectivity index (χ1) is 6.24. The van der Waals surface area contributed by atoms with Crippen LogP contribution in [0.4, 0.5) is 0 Å². The maximum absolute atomic E-state index is 11.4. The first-order valence-corrected chi connectivity index (χ1v) is 4.65. The van der Waals surface area contributed by atoms with Crippen molar-refractivity contribution in [3.8, 4) is 0 Å². The third-order valence-electron chi connectivity index (χ3n) is 2.07. The van der Waals surface area contributed by atoms with E-state index in [1.807, 2.05) is 0 Å². The van der Waals surface area contributed by atoms with Crippen molar-refractivity contribution in [3.63, 3.8) is 0 Å². The summed E-state index contributed by atoms with van der Waals surface area (Å²) in [4.78, 5) is 22.3. The Bertz CT molecular complexity index is 197. The molecule has 0 spiro atoms. The summed E-state index contributed by atoms with van der Waals surface area (Å²) in [6.07, 6.45) is 1.77. The number of carbonyl (C=O) groups is 2. The molecule has 4 heteroatoms. The molecule has 0 aromatic rings. The van der Waals surface area contributed by atoms with Gasteiger partial charge in [-0.25, -0.2) is 0 Å². The third-order valence-corrected chi connectivity index (χ3v) is 2.07. The molecule has 1 N–H and O–H groups in total. The Kier molecular flexibility index (Phi) is 3.89. The Morgan fingerprint density at radius 1 is 1.54 bits per heavy atom. The molecule has 0 aromatic carbocycles. The van der Waals surface area contributed by atoms with Crippen LogP contribution in [0, 0.1) is 0 Å². The molecule has 0 aliphatic carbocycles. The second-order valence-electron chi connectivity index (χ2n) is 3.10. The van der Waals surface area contributed by atoms with Gasteiger partial charge in [0.2, 0.25) is 0 Å². The average molecular weight is 185 g/mol. The van der Waals surface area contributed by atoms with Crippen molar-refractivity contribution in [1.82, 2.24) is 5.32 Å². The lowest BCUT2D eigenvalue weighted by Crippen LogP contribution is -2.32. The summed E-state index contributed by atoms with van der Waals surface area (Å²) in [7, 11) is 0. The van der Waals surface area contributed by atoms with E-state index in [1.165, 1.54) is 0 Å². The number of hydrogen-bond donors (Lipinski definition) is 1. The van der Waals surface area contributed by atoms with Crippen LogP contribution in [0.15, 0.2) is 0 Å². The zero-order valence-electron chi connectivity index (χ0n) is 7.84. The van der Waals surface area contributed by atoms with Crippen LogP contribution in [0.5, 0.6) is 0 Å². The molecule has 0 aromatic heterocycles. The van der Waals surface area contributed by atoms with E-state index in [-0.39, 0.29) is 18.2 Å². The number of nitrogens with one attached hydrogen (secondary N) is 1. The van der Waals surface area contributed by atoms with Gasteiger partial charge >= 0.3 is 5.97 Å². The molecule has 13 heavy (non-hydrogen) atoms. The minimum Gasteiger partial charge on any atom is -0.466 e. The van der Waals surface area contributed by atoms with Crippen LogP contribution in [0.2, 0.25) is 0 Å². The number of hydrogen-bond acceptors (Lipinski definition) is 4. The Balaban J connectivity index is 2.27. The van der Waals surface area contributed by atoms with Crippen molar-refractivity contribution in [1.29, 1.82) is 0 Å². The van der Waals surface area contributed by atoms with Crippen LogP contribution in [0.3, 0.4) is 0 Å². The maximum Gasteiger partial charge on any atom is 0.313 e. The molecule has 1 heterocycles. The second-order valence-corrected chi connectivity index (χ2v) is 3.10. The number of esters is 1. The summed E-state index contributed by atoms with van der Waals surface area (Å²) < 4.78 is 4.68. The first kappa shape index (κ1) is 10.2. The molecular weight excluding hydrogens is 170 g/mol. The van der Waals surface area contributed by atoms with Crippen LogP contribution in [0.1, 0.15) is 26.2 Å². The number of carbonyl (C=O) groups excluding carboxylic acids is 2. The van der Waals surface area contributed by atoms with Gasteiger partial charge < -0.3 is 10.1 Å². The van der Waals surface area contributed by atoms with Gasteiger partial charge in [-0.05, 0) is 26.3 Å². The van der Waals surface area contributed by atoms with E-state index in [4.69, 9.17) is 0 Å². The topological polar surface area (TPSA) is 55.4 Å². The number of rotatable bonds is 4. The molecular formula is C9H15NO3. The van der Waals surface area contributed by atoms with Gasteiger partial charge in [-0.15, -0.1) is 0 Å². The summed E-state index contributed by atoms with van der Waals surface area (Å²) in [6.45, 7) is 2.94. The quantitative estimate of drug-likeness (QED) is 0.504. The van der Waals surface area contributed by atoms with E-state index >= 15 is 0 Å². The fraction of sp³-hybridized carbons (Fsp3) is 0.778. The summed E-state index contributed by atoms with van der Waals surface area (Å²) in [6, 6.07) is -0.121. The van der Waals surface area contributed by atoms with E-state index in [9.17, 15) is 9.59 Å². The largest absolute Gasteiger partial charge is 0.466 e. The van der Waals surface area contributed by atoms with Gasteiger partial charge in [-0.3, -0.25) is 9.59 Å². The third kappa shape index (κ3) is 3.14. The molecule has 4 nitrogen and oxygen atoms in total. The van der Waals surface area contributed by atoms with Crippen molar-refractivity contribution in [2.24, 2.45) is 0 Å². The predicted molar refractivity (Wildman–Crippen MR) is 47.3 cm³/mol. The lowest BCUT2D eigenvalue weighted by atomic mass is 10.1. The number of ether oxygens (including phenoxy) is 1. The van der Waals surface area contributed by atoms with Crippen molar-refractivity contribution < 1.29 is 14.3 Å². The molecule has 1 atom stereocenters. The van der Waals surface area contributed by atoms with E-state index < -0.39 is 5.97 Å². The molecule has 0 amide bonds. The molecule has 0 saturated carbocycles. The molecule has 1 aliphatic rings. The highest BCUT2D eigenvalue weighted by Crippen LogP contribution is 2.07. The molecule has 1 aliphatic heterocycles. The highest BCUT2D eigenvalue weighted by atomic mass is 16.5. The van der Waals surface area contributed by atoms with Crippen LogP contribution < -0.4 is 5.32 Å². The Morgan fingerprint density at radius 3 is 2.85 bits per heavy atom. The Morgan fingerprint density at radius 2 is 2.31 bits per heavy atom. The molecule has 1 saturated heterocycles. The van der Waals surface area contributed by atoms with Crippen molar-refractivity contribution >= 4 is 11.8 Å². The smallest absolute Gasteiger partial charge is 0.313 e. The lowest BCUT2D eigenvalue weighted by molar-refractivity contribution is -0.145. The summed E-state index contributed by atoms with van der Waals surface area (Å²) in [5.41, 5.74) is 0. The fourth-order valence-electron chi connectivity index (χ4n) is 1.44. The predicted octanol–water partition coefficient (Wildman–Crippen LogP) is 0.261. The van der Waals surface area contributed by atoms with Crippen LogP contribution in [-0.4, -0.2) is 30.9 Å². The number of Topliss-reactive ketones (excluding diaryl/α,β-unsaturated/α-hetero) is 1. The normalized spacial score (nSPS) is 21.5. The molecule has 1 rings (SSSR count). The van der Waals surface area contributed by atoms with Gasteiger partial charge in [-0.1, -0.05) is 0 Å². The van der Waals surface area contributed by atoms with Crippen molar-refractivity contribution in [2.75, 3.05) is 13.2 Å². The minimum atomic E-state index is -0.416. The fourth-order valence-corrected chi connectivity index (χ4v) is 1.44. The summed E-state index contributed by atoms with van der Waals surface area (Å²) in [5, 5.41) is 3.05. The minimum absolute atomic E-state index is 0.0454. The summed E-state index contributed by atoms with van der Waals surface area (Å²) in [5.74, 6) is -0.461. The van der Waals surface area contributed by atoms with E-state index in [0.29, 0.717) is 6.61 Å². The van der Waals surface area contributed by atoms with Crippen LogP contribution in [-0.2, 0) is 14.3 Å². The Hall–Kier alpha value is -0.900. The highest BCUT2D eigenvalue weighted by Gasteiger charge is 2.23. The molecule has 74 valence electrons. The van der Waals surface area contributed by atoms with Crippen molar-refractivity contribution in [2.45, 2.75) is 32.2 Å². The zero-order valence-corrected chi connectivity index (χ0v) is 7.84. The van der Waals surface area contributed by atoms with E-state index in [0.717, 1.165) is 19.4 Å². The zero-order chi connectivity index (χ0) is 9.68. The SMILES string of the molecule is CCOC(=O)CC(=O)[C@@H]1CCCN1. The lowest BCUT2D eigenvalue weighted by Gasteiger charge is -2.07. The van der Waals surface area contributed by atoms with Gasteiger partial charge in [0.05, 0.1) is 12.6 Å². The van der Waals surface area contributed by atoms with Crippen LogP contribution >= 0.6 is 0 Å². The van der Waals surface area contributed by atoms with Gasteiger partial charge in [-0.2, -0.15) is 0 Å². The van der Waals surface area contributed by atoms with Crippen molar-refractivity contribution in [3.05, 3.63) is 0 Å². The molecule has 0 bridgehead atoms. The standard InChI is InChI=1S/C9H15NO3/c1-2-13-9(12)6-8(11)7-4-3-5-10-7/h7,10H,2-6H2,1H3/t7-/m0/s1. The molecule has 0 radical (unpaired) electrons. The van der Waals surface area contributed by atoms with Gasteiger partial charge in [0.15, 0.2) is 5.78 Å².